The smallest absolute Gasteiger partial charge is 0.148 e. The fraction of sp³-hybridized carbons (Fsp3) is 0. The van der Waals surface area contributed by atoms with Gasteiger partial charge in [-0.3, -0.25) is 0 Å². The van der Waals surface area contributed by atoms with E-state index in [2.05, 4.69) is 130 Å². The summed E-state index contributed by atoms with van der Waals surface area (Å²) in [5.74, 6) is 0. The average molecular weight is 513 g/mol. The molecule has 6 aromatic rings. The summed E-state index contributed by atoms with van der Waals surface area (Å²) in [5.41, 5.74) is 11.0. The van der Waals surface area contributed by atoms with E-state index in [-0.39, 0.29) is 0 Å². The molecule has 0 atom stereocenters. The van der Waals surface area contributed by atoms with Gasteiger partial charge < -0.3 is 9.80 Å². The molecular weight excluding hydrogens is 488 g/mol. The molecular formula is C36H24N4. The van der Waals surface area contributed by atoms with Crippen LogP contribution >= 0.6 is 0 Å². The third-order valence-electron chi connectivity index (χ3n) is 7.28. The van der Waals surface area contributed by atoms with Crippen LogP contribution in [0.15, 0.2) is 146 Å². The lowest BCUT2D eigenvalue weighted by atomic mass is 9.96. The van der Waals surface area contributed by atoms with Crippen molar-refractivity contribution in [3.63, 3.8) is 0 Å². The van der Waals surface area contributed by atoms with Gasteiger partial charge >= 0.3 is 0 Å². The molecule has 7 rings (SSSR count). The van der Waals surface area contributed by atoms with Gasteiger partial charge in [-0.25, -0.2) is 4.98 Å². The summed E-state index contributed by atoms with van der Waals surface area (Å²) >= 11 is 0. The first-order valence-electron chi connectivity index (χ1n) is 13.2. The number of fused-ring (bicyclic) bond motifs is 2. The number of anilines is 6. The average Bonchev–Trinajstić information content (AvgIpc) is 3.04. The van der Waals surface area contributed by atoms with Crippen molar-refractivity contribution in [2.75, 3.05) is 9.80 Å². The van der Waals surface area contributed by atoms with Gasteiger partial charge in [-0.2, -0.15) is 5.26 Å². The first-order chi connectivity index (χ1) is 19.8. The Balaban J connectivity index is 1.43. The number of hydrogen-bond donors (Lipinski definition) is 0. The summed E-state index contributed by atoms with van der Waals surface area (Å²) in [6.07, 6.45) is 1.66. The van der Waals surface area contributed by atoms with E-state index in [4.69, 9.17) is 0 Å². The highest BCUT2D eigenvalue weighted by Gasteiger charge is 2.31. The zero-order valence-electron chi connectivity index (χ0n) is 21.6. The van der Waals surface area contributed by atoms with Crippen LogP contribution in [0.3, 0.4) is 0 Å². The number of nitrogens with zero attached hydrogens (tertiary/aromatic N) is 4. The molecule has 0 aliphatic carbocycles. The summed E-state index contributed by atoms with van der Waals surface area (Å²) in [6, 6.07) is 50.5. The maximum absolute atomic E-state index is 9.65. The zero-order valence-corrected chi connectivity index (χ0v) is 21.6. The molecule has 2 heterocycles. The van der Waals surface area contributed by atoms with Crippen LogP contribution in [0.25, 0.3) is 22.3 Å². The molecule has 5 aromatic carbocycles. The molecule has 0 radical (unpaired) electrons. The second-order valence-corrected chi connectivity index (χ2v) is 9.59. The normalized spacial score (nSPS) is 11.9. The molecule has 188 valence electrons. The van der Waals surface area contributed by atoms with E-state index in [9.17, 15) is 5.26 Å². The number of hydrogen-bond acceptors (Lipinski definition) is 4. The topological polar surface area (TPSA) is 43.2 Å². The molecule has 40 heavy (non-hydrogen) atoms. The molecule has 0 bridgehead atoms. The minimum atomic E-state index is 0.424. The maximum atomic E-state index is 9.65. The van der Waals surface area contributed by atoms with E-state index in [1.807, 2.05) is 30.3 Å². The Morgan fingerprint density at radius 3 is 1.65 bits per heavy atom. The summed E-state index contributed by atoms with van der Waals surface area (Å²) in [4.78, 5) is 8.96. The van der Waals surface area contributed by atoms with Crippen LogP contribution in [0.2, 0.25) is 0 Å². The predicted octanol–water partition coefficient (Wildman–Crippen LogP) is 9.54. The molecule has 0 amide bonds. The molecule has 1 aliphatic heterocycles. The number of aromatic nitrogens is 1. The van der Waals surface area contributed by atoms with Crippen LogP contribution < -0.4 is 9.80 Å². The number of rotatable bonds is 4. The van der Waals surface area contributed by atoms with Crippen LogP contribution in [0.4, 0.5) is 34.1 Å². The quantitative estimate of drug-likeness (QED) is 0.235. The standard InChI is InChI=1S/C36H24N4/c37-25-31-29(17-11-23-38-31)26-12-10-13-27(24-26)30-16-4-5-18-32(30)40-35-21-8-6-19-33(35)39(28-14-2-1-3-15-28)34-20-7-9-22-36(34)40/h1-24H. The Labute approximate surface area is 233 Å². The number of nitriles is 1. The van der Waals surface area contributed by atoms with Crippen LogP contribution in [0.1, 0.15) is 5.69 Å². The highest BCUT2D eigenvalue weighted by Crippen LogP contribution is 2.55. The second-order valence-electron chi connectivity index (χ2n) is 9.59. The Kier molecular flexibility index (Phi) is 5.81. The highest BCUT2D eigenvalue weighted by atomic mass is 15.3. The fourth-order valence-corrected chi connectivity index (χ4v) is 5.55. The van der Waals surface area contributed by atoms with Crippen molar-refractivity contribution in [3.8, 4) is 28.3 Å². The van der Waals surface area contributed by atoms with Crippen LogP contribution in [-0.4, -0.2) is 4.98 Å². The van der Waals surface area contributed by atoms with Gasteiger partial charge in [0.25, 0.3) is 0 Å². The first-order valence-corrected chi connectivity index (χ1v) is 13.2. The third-order valence-corrected chi connectivity index (χ3v) is 7.28. The fourth-order valence-electron chi connectivity index (χ4n) is 5.55. The zero-order chi connectivity index (χ0) is 26.9. The molecule has 0 N–H and O–H groups in total. The van der Waals surface area contributed by atoms with Crippen molar-refractivity contribution in [3.05, 3.63) is 151 Å². The van der Waals surface area contributed by atoms with Crippen molar-refractivity contribution < 1.29 is 0 Å². The van der Waals surface area contributed by atoms with Crippen LogP contribution in [-0.2, 0) is 0 Å². The van der Waals surface area contributed by atoms with E-state index in [1.54, 1.807) is 6.20 Å². The monoisotopic (exact) mass is 512 g/mol. The van der Waals surface area contributed by atoms with Gasteiger partial charge in [-0.15, -0.1) is 0 Å². The minimum Gasteiger partial charge on any atom is -0.306 e. The Bertz CT molecular complexity index is 1840. The van der Waals surface area contributed by atoms with Gasteiger partial charge in [-0.1, -0.05) is 78.9 Å². The molecule has 0 unspecified atom stereocenters. The maximum Gasteiger partial charge on any atom is 0.148 e. The van der Waals surface area contributed by atoms with Gasteiger partial charge in [0.05, 0.1) is 28.4 Å². The molecule has 0 spiro atoms. The Morgan fingerprint density at radius 1 is 0.475 bits per heavy atom. The molecule has 0 saturated carbocycles. The third kappa shape index (κ3) is 3.89. The number of para-hydroxylation sites is 6. The lowest BCUT2D eigenvalue weighted by Crippen LogP contribution is -2.24. The second kappa shape index (κ2) is 9.90. The Hall–Kier alpha value is -5.66. The predicted molar refractivity (Wildman–Crippen MR) is 163 cm³/mol. The number of pyridine rings is 1. The molecule has 4 nitrogen and oxygen atoms in total. The van der Waals surface area contributed by atoms with Crippen molar-refractivity contribution in [2.24, 2.45) is 0 Å². The highest BCUT2D eigenvalue weighted by molar-refractivity contribution is 6.03. The SMILES string of the molecule is N#Cc1ncccc1-c1cccc(-c2ccccc2N2c3ccccc3N(c3ccccc3)c3ccccc32)c1. The van der Waals surface area contributed by atoms with E-state index in [0.29, 0.717) is 5.69 Å². The molecule has 4 heteroatoms. The van der Waals surface area contributed by atoms with E-state index < -0.39 is 0 Å². The summed E-state index contributed by atoms with van der Waals surface area (Å²) in [6.45, 7) is 0. The van der Waals surface area contributed by atoms with Gasteiger partial charge in [0.2, 0.25) is 0 Å². The first kappa shape index (κ1) is 23.5. The lowest BCUT2D eigenvalue weighted by Gasteiger charge is -2.41. The van der Waals surface area contributed by atoms with Gasteiger partial charge in [0, 0.05) is 23.0 Å². The van der Waals surface area contributed by atoms with Crippen molar-refractivity contribution in [1.82, 2.24) is 4.98 Å². The molecule has 1 aliphatic rings. The van der Waals surface area contributed by atoms with Gasteiger partial charge in [0.1, 0.15) is 11.8 Å². The van der Waals surface area contributed by atoms with Crippen LogP contribution in [0.5, 0.6) is 0 Å². The van der Waals surface area contributed by atoms with Crippen molar-refractivity contribution in [1.29, 1.82) is 5.26 Å². The van der Waals surface area contributed by atoms with Crippen molar-refractivity contribution >= 4 is 34.1 Å². The van der Waals surface area contributed by atoms with E-state index in [0.717, 1.165) is 56.4 Å². The summed E-state index contributed by atoms with van der Waals surface area (Å²) in [7, 11) is 0. The minimum absolute atomic E-state index is 0.424. The lowest BCUT2D eigenvalue weighted by molar-refractivity contribution is 1.17. The Morgan fingerprint density at radius 2 is 1.00 bits per heavy atom. The van der Waals surface area contributed by atoms with E-state index in [1.165, 1.54) is 0 Å². The molecule has 1 aromatic heterocycles. The van der Waals surface area contributed by atoms with E-state index >= 15 is 0 Å². The number of benzene rings is 5. The summed E-state index contributed by atoms with van der Waals surface area (Å²) < 4.78 is 0. The summed E-state index contributed by atoms with van der Waals surface area (Å²) in [5, 5.41) is 9.65. The van der Waals surface area contributed by atoms with Crippen LogP contribution in [0, 0.1) is 11.3 Å². The van der Waals surface area contributed by atoms with Gasteiger partial charge in [-0.05, 0) is 71.8 Å². The van der Waals surface area contributed by atoms with Crippen molar-refractivity contribution in [2.45, 2.75) is 0 Å². The molecule has 0 saturated heterocycles. The molecule has 0 fully saturated rings. The largest absolute Gasteiger partial charge is 0.306 e. The van der Waals surface area contributed by atoms with Gasteiger partial charge in [0.15, 0.2) is 0 Å².